The first-order valence-electron chi connectivity index (χ1n) is 9.37. The molecular formula is C22H24N2O3. The Morgan fingerprint density at radius 2 is 1.89 bits per heavy atom. The van der Waals surface area contributed by atoms with Crippen LogP contribution in [-0.2, 0) is 11.2 Å². The molecule has 140 valence electrons. The number of hydrogen-bond acceptors (Lipinski definition) is 4. The van der Waals surface area contributed by atoms with E-state index in [1.54, 1.807) is 12.1 Å². The summed E-state index contributed by atoms with van der Waals surface area (Å²) in [6, 6.07) is 15.7. The maximum absolute atomic E-state index is 11.9. The number of ether oxygens (including phenoxy) is 2. The van der Waals surface area contributed by atoms with Crippen LogP contribution in [0.3, 0.4) is 0 Å². The predicted molar refractivity (Wildman–Crippen MR) is 104 cm³/mol. The smallest absolute Gasteiger partial charge is 0.428 e. The molecule has 1 fully saturated rings. The average Bonchev–Trinajstić information content (AvgIpc) is 3.35. The molecule has 0 unspecified atom stereocenters. The molecular weight excluding hydrogens is 340 g/mol. The molecule has 0 bridgehead atoms. The second kappa shape index (κ2) is 6.72. The molecule has 0 spiro atoms. The van der Waals surface area contributed by atoms with Crippen molar-refractivity contribution in [3.8, 4) is 11.4 Å². The summed E-state index contributed by atoms with van der Waals surface area (Å²) < 4.78 is 12.6. The number of rotatable bonds is 4. The summed E-state index contributed by atoms with van der Waals surface area (Å²) in [5.74, 6) is 1.18. The minimum absolute atomic E-state index is 0.437. The standard InChI is InChI=1S/C22H24N2O3/c1-22(2,3)27-21(25)26-17-11-12-18-19(14-17)23-24(16-7-5-4-6-8-16)20(18)13-15-9-10-15/h4-8,11-12,14-15H,9-10,13H2,1-3H3. The molecule has 4 rings (SSSR count). The van der Waals surface area contributed by atoms with E-state index >= 15 is 0 Å². The molecule has 0 atom stereocenters. The van der Waals surface area contributed by atoms with Gasteiger partial charge in [0.05, 0.1) is 16.9 Å². The Labute approximate surface area is 158 Å². The third-order valence-electron chi connectivity index (χ3n) is 4.51. The highest BCUT2D eigenvalue weighted by Crippen LogP contribution is 2.36. The van der Waals surface area contributed by atoms with E-state index in [4.69, 9.17) is 14.6 Å². The van der Waals surface area contributed by atoms with E-state index < -0.39 is 11.8 Å². The highest BCUT2D eigenvalue weighted by Gasteiger charge is 2.26. The topological polar surface area (TPSA) is 53.4 Å². The number of benzene rings is 2. The van der Waals surface area contributed by atoms with Gasteiger partial charge in [0, 0.05) is 11.5 Å². The largest absolute Gasteiger partial charge is 0.514 e. The number of carbonyl (C=O) groups excluding carboxylic acids is 1. The van der Waals surface area contributed by atoms with Gasteiger partial charge in [-0.2, -0.15) is 5.10 Å². The summed E-state index contributed by atoms with van der Waals surface area (Å²) in [4.78, 5) is 11.9. The molecule has 1 aliphatic carbocycles. The van der Waals surface area contributed by atoms with Crippen LogP contribution in [0.5, 0.6) is 5.75 Å². The molecule has 1 aliphatic rings. The van der Waals surface area contributed by atoms with E-state index in [1.165, 1.54) is 18.5 Å². The van der Waals surface area contributed by atoms with Gasteiger partial charge in [-0.3, -0.25) is 0 Å². The highest BCUT2D eigenvalue weighted by atomic mass is 16.7. The first-order valence-corrected chi connectivity index (χ1v) is 9.37. The van der Waals surface area contributed by atoms with Crippen LogP contribution >= 0.6 is 0 Å². The fraction of sp³-hybridized carbons (Fsp3) is 0.364. The van der Waals surface area contributed by atoms with Crippen molar-refractivity contribution < 1.29 is 14.3 Å². The van der Waals surface area contributed by atoms with Gasteiger partial charge in [0.15, 0.2) is 0 Å². The van der Waals surface area contributed by atoms with Crippen molar-refractivity contribution in [2.75, 3.05) is 0 Å². The van der Waals surface area contributed by atoms with Crippen LogP contribution in [0.2, 0.25) is 0 Å². The summed E-state index contributed by atoms with van der Waals surface area (Å²) in [6.07, 6.45) is 2.86. The second-order valence-electron chi connectivity index (χ2n) is 8.09. The third-order valence-corrected chi connectivity index (χ3v) is 4.51. The van der Waals surface area contributed by atoms with Gasteiger partial charge < -0.3 is 9.47 Å². The molecule has 5 heteroatoms. The normalized spacial score (nSPS) is 14.3. The van der Waals surface area contributed by atoms with Gasteiger partial charge in [0.1, 0.15) is 11.4 Å². The fourth-order valence-corrected chi connectivity index (χ4v) is 3.13. The van der Waals surface area contributed by atoms with Crippen molar-refractivity contribution in [3.63, 3.8) is 0 Å². The van der Waals surface area contributed by atoms with Crippen LogP contribution in [0, 0.1) is 5.92 Å². The highest BCUT2D eigenvalue weighted by molar-refractivity contribution is 5.84. The Balaban J connectivity index is 1.68. The minimum atomic E-state index is -0.706. The second-order valence-corrected chi connectivity index (χ2v) is 8.09. The maximum Gasteiger partial charge on any atom is 0.514 e. The first kappa shape index (κ1) is 17.6. The SMILES string of the molecule is CC(C)(C)OC(=O)Oc1ccc2c(CC3CC3)n(-c3ccccc3)nc2c1. The van der Waals surface area contributed by atoms with Gasteiger partial charge in [-0.15, -0.1) is 0 Å². The number of fused-ring (bicyclic) bond motifs is 1. The van der Waals surface area contributed by atoms with Crippen molar-refractivity contribution in [3.05, 3.63) is 54.2 Å². The molecule has 0 N–H and O–H groups in total. The monoisotopic (exact) mass is 364 g/mol. The number of nitrogens with zero attached hydrogens (tertiary/aromatic N) is 2. The number of carbonyl (C=O) groups is 1. The summed E-state index contributed by atoms with van der Waals surface area (Å²) >= 11 is 0. The Morgan fingerprint density at radius 1 is 1.15 bits per heavy atom. The van der Waals surface area contributed by atoms with Crippen LogP contribution < -0.4 is 4.74 Å². The Hall–Kier alpha value is -2.82. The maximum atomic E-state index is 11.9. The number of aromatic nitrogens is 2. The van der Waals surface area contributed by atoms with Crippen molar-refractivity contribution in [1.82, 2.24) is 9.78 Å². The first-order chi connectivity index (χ1) is 12.9. The van der Waals surface area contributed by atoms with E-state index in [1.807, 2.05) is 49.7 Å². The molecule has 0 aliphatic heterocycles. The van der Waals surface area contributed by atoms with Crippen molar-refractivity contribution in [1.29, 1.82) is 0 Å². The van der Waals surface area contributed by atoms with Gasteiger partial charge in [-0.25, -0.2) is 9.48 Å². The molecule has 2 aromatic carbocycles. The van der Waals surface area contributed by atoms with E-state index in [-0.39, 0.29) is 0 Å². The zero-order valence-electron chi connectivity index (χ0n) is 15.9. The number of para-hydroxylation sites is 1. The molecule has 1 heterocycles. The van der Waals surface area contributed by atoms with Crippen LogP contribution in [0.15, 0.2) is 48.5 Å². The zero-order valence-corrected chi connectivity index (χ0v) is 15.9. The van der Waals surface area contributed by atoms with Gasteiger partial charge in [-0.1, -0.05) is 18.2 Å². The van der Waals surface area contributed by atoms with Crippen LogP contribution in [0.25, 0.3) is 16.6 Å². The molecule has 1 aromatic heterocycles. The summed E-state index contributed by atoms with van der Waals surface area (Å²) in [5, 5.41) is 5.89. The molecule has 0 amide bonds. The summed E-state index contributed by atoms with van der Waals surface area (Å²) in [7, 11) is 0. The van der Waals surface area contributed by atoms with Crippen molar-refractivity contribution in [2.24, 2.45) is 5.92 Å². The van der Waals surface area contributed by atoms with Crippen molar-refractivity contribution >= 4 is 17.1 Å². The van der Waals surface area contributed by atoms with E-state index in [9.17, 15) is 4.79 Å². The van der Waals surface area contributed by atoms with E-state index in [0.29, 0.717) is 5.75 Å². The van der Waals surface area contributed by atoms with Crippen LogP contribution in [-0.4, -0.2) is 21.5 Å². The van der Waals surface area contributed by atoms with Gasteiger partial charge in [0.25, 0.3) is 0 Å². The number of hydrogen-bond donors (Lipinski definition) is 0. The average molecular weight is 364 g/mol. The Morgan fingerprint density at radius 3 is 2.56 bits per heavy atom. The molecule has 1 saturated carbocycles. The van der Waals surface area contributed by atoms with Crippen molar-refractivity contribution in [2.45, 2.75) is 45.6 Å². The lowest BCUT2D eigenvalue weighted by molar-refractivity contribution is 0.0206. The molecule has 27 heavy (non-hydrogen) atoms. The van der Waals surface area contributed by atoms with E-state index in [2.05, 4.69) is 12.1 Å². The Bertz CT molecular complexity index is 966. The summed E-state index contributed by atoms with van der Waals surface area (Å²) in [6.45, 7) is 5.43. The third kappa shape index (κ3) is 4.13. The van der Waals surface area contributed by atoms with Crippen LogP contribution in [0.1, 0.15) is 39.3 Å². The van der Waals surface area contributed by atoms with Gasteiger partial charge in [-0.05, 0) is 70.2 Å². The van der Waals surface area contributed by atoms with Crippen LogP contribution in [0.4, 0.5) is 4.79 Å². The fourth-order valence-electron chi connectivity index (χ4n) is 3.13. The summed E-state index contributed by atoms with van der Waals surface area (Å²) in [5.41, 5.74) is 2.48. The molecule has 0 radical (unpaired) electrons. The molecule has 0 saturated heterocycles. The quantitative estimate of drug-likeness (QED) is 0.466. The van der Waals surface area contributed by atoms with E-state index in [0.717, 1.165) is 28.9 Å². The minimum Gasteiger partial charge on any atom is -0.428 e. The zero-order chi connectivity index (χ0) is 19.0. The predicted octanol–water partition coefficient (Wildman–Crippen LogP) is 5.29. The lowest BCUT2D eigenvalue weighted by Gasteiger charge is -2.18. The Kier molecular flexibility index (Phi) is 4.38. The lowest BCUT2D eigenvalue weighted by atomic mass is 10.1. The lowest BCUT2D eigenvalue weighted by Crippen LogP contribution is -2.25. The molecule has 3 aromatic rings. The molecule has 5 nitrogen and oxygen atoms in total. The van der Waals surface area contributed by atoms with Gasteiger partial charge >= 0.3 is 6.16 Å². The van der Waals surface area contributed by atoms with Gasteiger partial charge in [0.2, 0.25) is 0 Å².